The molecule has 7 nitrogen and oxygen atoms in total. The lowest BCUT2D eigenvalue weighted by Crippen LogP contribution is -2.40. The van der Waals surface area contributed by atoms with Crippen molar-refractivity contribution in [3.63, 3.8) is 0 Å². The molecule has 0 radical (unpaired) electrons. The highest BCUT2D eigenvalue weighted by atomic mass is 127. The van der Waals surface area contributed by atoms with E-state index in [1.165, 1.54) is 11.3 Å². The molecule has 10 heteroatoms. The first-order chi connectivity index (χ1) is 23.7. The van der Waals surface area contributed by atoms with Crippen LogP contribution in [0.5, 0.6) is 5.75 Å². The number of hydrogen-bond donors (Lipinski definition) is 0. The third-order valence-corrected chi connectivity index (χ3v) is 10.4. The van der Waals surface area contributed by atoms with Gasteiger partial charge in [-0.25, -0.2) is 9.79 Å². The average Bonchev–Trinajstić information content (AvgIpc) is 3.41. The van der Waals surface area contributed by atoms with Crippen LogP contribution in [-0.4, -0.2) is 17.1 Å². The van der Waals surface area contributed by atoms with Gasteiger partial charge in [0.2, 0.25) is 0 Å². The summed E-state index contributed by atoms with van der Waals surface area (Å²) in [7, 11) is 0. The van der Waals surface area contributed by atoms with Crippen molar-refractivity contribution in [2.75, 3.05) is 6.61 Å². The molecule has 6 rings (SSSR count). The van der Waals surface area contributed by atoms with Gasteiger partial charge in [-0.15, -0.1) is 0 Å². The molecule has 0 N–H and O–H groups in total. The number of nitriles is 1. The minimum atomic E-state index is -0.769. The highest BCUT2D eigenvalue weighted by molar-refractivity contribution is 14.1. The van der Waals surface area contributed by atoms with Gasteiger partial charge in [-0.1, -0.05) is 114 Å². The number of benzene rings is 4. The molecule has 5 aromatic rings. The first-order valence-corrected chi connectivity index (χ1v) is 18.4. The zero-order valence-corrected chi connectivity index (χ0v) is 31.5. The fraction of sp³-hybridized carbons (Fsp3) is 0.179. The lowest BCUT2D eigenvalue weighted by atomic mass is 9.91. The molecule has 246 valence electrons. The molecule has 1 aliphatic heterocycles. The summed E-state index contributed by atoms with van der Waals surface area (Å²) in [6.45, 7) is 6.37. The number of rotatable bonds is 9. The van der Waals surface area contributed by atoms with Gasteiger partial charge in [0.05, 0.1) is 43.7 Å². The minimum Gasteiger partial charge on any atom is -0.487 e. The van der Waals surface area contributed by atoms with Gasteiger partial charge in [-0.05, 0) is 70.8 Å². The zero-order chi connectivity index (χ0) is 34.7. The maximum Gasteiger partial charge on any atom is 0.338 e. The Hall–Kier alpha value is -4.31. The van der Waals surface area contributed by atoms with Gasteiger partial charge in [0.15, 0.2) is 4.80 Å². The number of esters is 1. The normalized spacial score (nSPS) is 14.3. The average molecular weight is 845 g/mol. The van der Waals surface area contributed by atoms with E-state index in [1.54, 1.807) is 23.6 Å². The van der Waals surface area contributed by atoms with Crippen LogP contribution in [-0.2, 0) is 16.1 Å². The summed E-state index contributed by atoms with van der Waals surface area (Å²) < 4.78 is 15.6. The lowest BCUT2D eigenvalue weighted by molar-refractivity contribution is -0.138. The second-order valence-corrected chi connectivity index (χ2v) is 14.7. The summed E-state index contributed by atoms with van der Waals surface area (Å²) in [5, 5.41) is 9.59. The number of carbonyl (C=O) groups excluding carboxylic acids is 1. The van der Waals surface area contributed by atoms with E-state index in [0.29, 0.717) is 43.4 Å². The van der Waals surface area contributed by atoms with Gasteiger partial charge in [0, 0.05) is 21.2 Å². The van der Waals surface area contributed by atoms with E-state index >= 15 is 0 Å². The molecule has 49 heavy (non-hydrogen) atoms. The Bertz CT molecular complexity index is 2310. The molecule has 4 aromatic carbocycles. The summed E-state index contributed by atoms with van der Waals surface area (Å²) in [5.74, 6) is 0.376. The van der Waals surface area contributed by atoms with Gasteiger partial charge in [-0.2, -0.15) is 5.26 Å². The van der Waals surface area contributed by atoms with E-state index < -0.39 is 12.0 Å². The van der Waals surface area contributed by atoms with Gasteiger partial charge in [0.1, 0.15) is 12.4 Å². The molecule has 0 spiro atoms. The molecule has 0 unspecified atom stereocenters. The number of halogens is 2. The molecule has 0 bridgehead atoms. The highest BCUT2D eigenvalue weighted by Gasteiger charge is 2.35. The van der Waals surface area contributed by atoms with Crippen molar-refractivity contribution in [1.82, 2.24) is 4.57 Å². The Labute approximate surface area is 310 Å². The molecular weight excluding hydrogens is 813 g/mol. The number of fused-ring (bicyclic) bond motifs is 1. The van der Waals surface area contributed by atoms with Crippen LogP contribution in [0.2, 0.25) is 0 Å². The molecule has 1 atom stereocenters. The zero-order valence-electron chi connectivity index (χ0n) is 26.9. The van der Waals surface area contributed by atoms with Crippen molar-refractivity contribution >= 4 is 67.6 Å². The molecule has 1 aromatic heterocycles. The van der Waals surface area contributed by atoms with E-state index in [-0.39, 0.29) is 18.8 Å². The van der Waals surface area contributed by atoms with Crippen LogP contribution in [0.1, 0.15) is 66.1 Å². The first-order valence-electron chi connectivity index (χ1n) is 15.7. The molecule has 0 amide bonds. The van der Waals surface area contributed by atoms with E-state index in [2.05, 4.69) is 58.4 Å². The topological polar surface area (TPSA) is 93.7 Å². The third kappa shape index (κ3) is 7.20. The van der Waals surface area contributed by atoms with Crippen LogP contribution in [0.4, 0.5) is 0 Å². The van der Waals surface area contributed by atoms with Crippen LogP contribution in [0.3, 0.4) is 0 Å². The van der Waals surface area contributed by atoms with E-state index in [4.69, 9.17) is 14.5 Å². The summed E-state index contributed by atoms with van der Waals surface area (Å²) in [5.41, 5.74) is 5.16. The standard InChI is InChI=1S/C39H31BrIN3O4S/c1-4-47-38(46)33-34(25-10-6-5-7-11-25)43-39-44(35(33)26-16-14-24(15-17-26)23(2)3)37(45)32(49-39)19-29-18-30(40)20-31(41)36(29)48-22-28-13-9-8-12-27(28)21-42/h5-20,23,35H,4,22H2,1-3H3/b32-19-/t35-/m1/s1. The lowest BCUT2D eigenvalue weighted by Gasteiger charge is -2.26. The second kappa shape index (κ2) is 15.1. The van der Waals surface area contributed by atoms with Crippen molar-refractivity contribution in [3.05, 3.63) is 158 Å². The Morgan fingerprint density at radius 3 is 2.49 bits per heavy atom. The second-order valence-electron chi connectivity index (χ2n) is 11.6. The SMILES string of the molecule is CCOC(=O)C1=C(c2ccccc2)N=c2s/c(=C\c3cc(Br)cc(I)c3OCc3ccccc3C#N)c(=O)n2[C@@H]1c1ccc(C(C)C)cc1. The van der Waals surface area contributed by atoms with Gasteiger partial charge in [0.25, 0.3) is 5.56 Å². The predicted molar refractivity (Wildman–Crippen MR) is 204 cm³/mol. The molecule has 1 aliphatic rings. The molecule has 0 saturated heterocycles. The van der Waals surface area contributed by atoms with Gasteiger partial charge in [-0.3, -0.25) is 9.36 Å². The summed E-state index contributed by atoms with van der Waals surface area (Å²) in [6.07, 6.45) is 1.80. The fourth-order valence-corrected chi connectivity index (χ4v) is 8.40. The van der Waals surface area contributed by atoms with Gasteiger partial charge < -0.3 is 9.47 Å². The summed E-state index contributed by atoms with van der Waals surface area (Å²) in [6, 6.07) is 30.1. The smallest absolute Gasteiger partial charge is 0.338 e. The maximum atomic E-state index is 14.5. The number of carbonyl (C=O) groups is 1. The quantitative estimate of drug-likeness (QED) is 0.111. The van der Waals surface area contributed by atoms with Crippen LogP contribution in [0.15, 0.2) is 111 Å². The Morgan fingerprint density at radius 2 is 1.80 bits per heavy atom. The molecule has 0 saturated carbocycles. The molecular formula is C39H31BrIN3O4S. The first kappa shape index (κ1) is 34.5. The van der Waals surface area contributed by atoms with Crippen molar-refractivity contribution in [2.45, 2.75) is 39.3 Å². The van der Waals surface area contributed by atoms with Crippen molar-refractivity contribution in [3.8, 4) is 11.8 Å². The van der Waals surface area contributed by atoms with Crippen LogP contribution >= 0.6 is 49.9 Å². The fourth-order valence-electron chi connectivity index (χ4n) is 5.71. The third-order valence-electron chi connectivity index (χ3n) is 8.13. The number of ether oxygens (including phenoxy) is 2. The maximum absolute atomic E-state index is 14.5. The van der Waals surface area contributed by atoms with Crippen LogP contribution < -0.4 is 19.6 Å². The van der Waals surface area contributed by atoms with Crippen molar-refractivity contribution < 1.29 is 14.3 Å². The Balaban J connectivity index is 1.56. The van der Waals surface area contributed by atoms with Crippen LogP contribution in [0, 0.1) is 14.9 Å². The predicted octanol–water partition coefficient (Wildman–Crippen LogP) is 7.88. The van der Waals surface area contributed by atoms with Crippen molar-refractivity contribution in [1.29, 1.82) is 5.26 Å². The van der Waals surface area contributed by atoms with Crippen molar-refractivity contribution in [2.24, 2.45) is 4.99 Å². The van der Waals surface area contributed by atoms with Crippen LogP contribution in [0.25, 0.3) is 11.8 Å². The highest BCUT2D eigenvalue weighted by Crippen LogP contribution is 2.36. The number of nitrogens with zero attached hydrogens (tertiary/aromatic N) is 3. The summed E-state index contributed by atoms with van der Waals surface area (Å²) in [4.78, 5) is 33.8. The molecule has 0 aliphatic carbocycles. The number of thiazole rings is 1. The van der Waals surface area contributed by atoms with Gasteiger partial charge >= 0.3 is 5.97 Å². The number of hydrogen-bond acceptors (Lipinski definition) is 7. The van der Waals surface area contributed by atoms with E-state index in [0.717, 1.165) is 30.3 Å². The minimum absolute atomic E-state index is 0.178. The Morgan fingerprint density at radius 1 is 1.08 bits per heavy atom. The molecule has 2 heterocycles. The monoisotopic (exact) mass is 843 g/mol. The largest absolute Gasteiger partial charge is 0.487 e. The van der Waals surface area contributed by atoms with E-state index in [9.17, 15) is 14.9 Å². The number of aromatic nitrogens is 1. The summed E-state index contributed by atoms with van der Waals surface area (Å²) >= 11 is 7.07. The Kier molecular flexibility index (Phi) is 10.6. The molecule has 0 fully saturated rings. The van der Waals surface area contributed by atoms with E-state index in [1.807, 2.05) is 84.9 Å².